The fourth-order valence-electron chi connectivity index (χ4n) is 6.81. The van der Waals surface area contributed by atoms with Crippen molar-refractivity contribution < 1.29 is 32.9 Å². The summed E-state index contributed by atoms with van der Waals surface area (Å²) in [6.45, 7) is 13.4. The Bertz CT molecular complexity index is 1820. The number of hydrogen-bond acceptors (Lipinski definition) is 6. The molecule has 2 unspecified atom stereocenters. The number of anilines is 1. The van der Waals surface area contributed by atoms with Crippen molar-refractivity contribution in [3.05, 3.63) is 71.4 Å². The molecule has 0 radical (unpaired) electrons. The molecule has 0 saturated carbocycles. The minimum atomic E-state index is -1.22. The van der Waals surface area contributed by atoms with Gasteiger partial charge in [0.2, 0.25) is 0 Å². The number of halogens is 2. The molecule has 6 bridgehead atoms. The number of carboxylic acids is 1. The average Bonchev–Trinajstić information content (AvgIpc) is 3.44. The molecule has 1 saturated heterocycles. The minimum absolute atomic E-state index is 0.0593. The number of carboxylic acid groups (broad SMARTS) is 1. The molecule has 1 N–H and O–H groups in total. The number of carbonyl (C=O) groups is 1. The minimum Gasteiger partial charge on any atom is -0.490 e. The monoisotopic (exact) mass is 661 g/mol. The summed E-state index contributed by atoms with van der Waals surface area (Å²) in [5.41, 5.74) is 2.74. The fraction of sp³-hybridized carbons (Fsp3) is 0.474. The molecule has 0 spiro atoms. The summed E-state index contributed by atoms with van der Waals surface area (Å²) in [5, 5.41) is 10.5. The molecule has 256 valence electrons. The third-order valence-electron chi connectivity index (χ3n) is 9.34. The van der Waals surface area contributed by atoms with E-state index >= 15 is 4.39 Å². The summed E-state index contributed by atoms with van der Waals surface area (Å²) in [6.07, 6.45) is 4.41. The summed E-state index contributed by atoms with van der Waals surface area (Å²) in [4.78, 5) is 20.0. The molecule has 48 heavy (non-hydrogen) atoms. The van der Waals surface area contributed by atoms with E-state index in [9.17, 15) is 14.3 Å². The number of aromatic nitrogens is 2. The van der Waals surface area contributed by atoms with Crippen LogP contribution in [0.15, 0.2) is 48.7 Å². The Morgan fingerprint density at radius 2 is 1.83 bits per heavy atom. The van der Waals surface area contributed by atoms with E-state index in [2.05, 4.69) is 11.8 Å². The molecular formula is C38H45F2N3O5. The number of rotatable bonds is 3. The maximum Gasteiger partial charge on any atom is 0.337 e. The predicted molar refractivity (Wildman–Crippen MR) is 182 cm³/mol. The van der Waals surface area contributed by atoms with E-state index in [4.69, 9.17) is 19.2 Å². The van der Waals surface area contributed by atoms with Crippen LogP contribution in [0.5, 0.6) is 5.75 Å². The van der Waals surface area contributed by atoms with E-state index in [1.165, 1.54) is 6.07 Å². The number of benzene rings is 2. The van der Waals surface area contributed by atoms with Crippen LogP contribution in [0.2, 0.25) is 0 Å². The van der Waals surface area contributed by atoms with E-state index in [0.717, 1.165) is 43.7 Å². The van der Waals surface area contributed by atoms with Gasteiger partial charge in [-0.2, -0.15) is 0 Å². The molecule has 2 atom stereocenters. The molecule has 1 fully saturated rings. The van der Waals surface area contributed by atoms with Crippen LogP contribution >= 0.6 is 0 Å². The summed E-state index contributed by atoms with van der Waals surface area (Å²) >= 11 is 0. The predicted octanol–water partition coefficient (Wildman–Crippen LogP) is 8.52. The van der Waals surface area contributed by atoms with Gasteiger partial charge in [-0.25, -0.2) is 18.6 Å². The first-order valence-electron chi connectivity index (χ1n) is 16.8. The summed E-state index contributed by atoms with van der Waals surface area (Å²) < 4.78 is 51.0. The summed E-state index contributed by atoms with van der Waals surface area (Å²) in [6, 6.07) is 11.6. The Labute approximate surface area is 280 Å². The Balaban J connectivity index is 1.55. The van der Waals surface area contributed by atoms with Gasteiger partial charge in [-0.1, -0.05) is 18.2 Å². The number of piperidine rings is 1. The van der Waals surface area contributed by atoms with Crippen molar-refractivity contribution in [3.63, 3.8) is 0 Å². The summed E-state index contributed by atoms with van der Waals surface area (Å²) in [5.74, 6) is -2.00. The number of ether oxygens (including phenoxy) is 3. The number of fused-ring (bicyclic) bond motifs is 8. The third kappa shape index (κ3) is 6.91. The van der Waals surface area contributed by atoms with Crippen LogP contribution in [-0.4, -0.2) is 57.5 Å². The highest BCUT2D eigenvalue weighted by atomic mass is 19.2. The van der Waals surface area contributed by atoms with Crippen LogP contribution in [-0.2, 0) is 14.3 Å². The molecule has 7 rings (SSSR count). The van der Waals surface area contributed by atoms with E-state index in [-0.39, 0.29) is 23.0 Å². The second kappa shape index (κ2) is 13.1. The van der Waals surface area contributed by atoms with Crippen LogP contribution in [0.3, 0.4) is 0 Å². The first kappa shape index (κ1) is 33.9. The number of nitrogens with zero attached hydrogens (tertiary/aromatic N) is 3. The van der Waals surface area contributed by atoms with Gasteiger partial charge in [0.15, 0.2) is 17.7 Å². The van der Waals surface area contributed by atoms with Crippen molar-refractivity contribution >= 4 is 17.4 Å². The van der Waals surface area contributed by atoms with Gasteiger partial charge < -0.3 is 24.2 Å². The van der Waals surface area contributed by atoms with Crippen molar-refractivity contribution in [2.24, 2.45) is 0 Å². The smallest absolute Gasteiger partial charge is 0.337 e. The highest BCUT2D eigenvalue weighted by molar-refractivity contribution is 5.80. The third-order valence-corrected chi connectivity index (χ3v) is 9.34. The van der Waals surface area contributed by atoms with Crippen LogP contribution in [0.1, 0.15) is 84.0 Å². The topological polar surface area (TPSA) is 85.5 Å². The standard InChI is InChI=1S/C38H45F2N3O5/c1-23-20-30-41-28-22-43(30)35(31(23)34(36(44)45)48-37(3,4)5)42-17-15-38(6,16-18-42)46-19-8-7-10-24(2)47-29-14-13-27(39)33(40)32(29)26-12-9-11-25(28)21-26/h9,11-14,20-22,24,34H,7-8,10,15-19H2,1-6H3,(H,44,45). The van der Waals surface area contributed by atoms with E-state index in [1.807, 2.05) is 57.3 Å². The van der Waals surface area contributed by atoms with Crippen LogP contribution in [0.25, 0.3) is 28.0 Å². The maximum absolute atomic E-state index is 15.5. The van der Waals surface area contributed by atoms with E-state index in [0.29, 0.717) is 53.5 Å². The van der Waals surface area contributed by atoms with Gasteiger partial charge in [-0.3, -0.25) is 4.40 Å². The molecule has 0 aliphatic carbocycles. The Morgan fingerprint density at radius 3 is 2.54 bits per heavy atom. The molecular weight excluding hydrogens is 616 g/mol. The van der Waals surface area contributed by atoms with Gasteiger partial charge in [-0.15, -0.1) is 0 Å². The molecule has 10 heteroatoms. The zero-order chi connectivity index (χ0) is 34.4. The Kier molecular flexibility index (Phi) is 9.26. The quantitative estimate of drug-likeness (QED) is 0.236. The van der Waals surface area contributed by atoms with Crippen molar-refractivity contribution in [3.8, 4) is 28.1 Å². The van der Waals surface area contributed by atoms with E-state index in [1.54, 1.807) is 18.2 Å². The normalized spacial score (nSPS) is 21.2. The molecule has 3 aliphatic rings. The van der Waals surface area contributed by atoms with Gasteiger partial charge in [0.05, 0.1) is 28.6 Å². The van der Waals surface area contributed by atoms with Crippen molar-refractivity contribution in [1.29, 1.82) is 0 Å². The molecule has 5 heterocycles. The van der Waals surface area contributed by atoms with Crippen LogP contribution in [0.4, 0.5) is 14.6 Å². The van der Waals surface area contributed by atoms with E-state index < -0.39 is 29.3 Å². The maximum atomic E-state index is 15.5. The summed E-state index contributed by atoms with van der Waals surface area (Å²) in [7, 11) is 0. The second-order valence-corrected chi connectivity index (χ2v) is 14.4. The van der Waals surface area contributed by atoms with Gasteiger partial charge in [0, 0.05) is 37.0 Å². The zero-order valence-corrected chi connectivity index (χ0v) is 28.6. The number of pyridine rings is 1. The number of aryl methyl sites for hydroxylation is 1. The number of aliphatic carboxylic acids is 1. The fourth-order valence-corrected chi connectivity index (χ4v) is 6.81. The lowest BCUT2D eigenvalue weighted by Gasteiger charge is -2.41. The Morgan fingerprint density at radius 1 is 1.10 bits per heavy atom. The van der Waals surface area contributed by atoms with Gasteiger partial charge >= 0.3 is 5.97 Å². The van der Waals surface area contributed by atoms with Crippen molar-refractivity contribution in [2.75, 3.05) is 24.6 Å². The number of imidazole rings is 1. The molecule has 0 amide bonds. The first-order valence-corrected chi connectivity index (χ1v) is 16.8. The van der Waals surface area contributed by atoms with Gasteiger partial charge in [0.25, 0.3) is 0 Å². The molecule has 8 nitrogen and oxygen atoms in total. The zero-order valence-electron chi connectivity index (χ0n) is 28.6. The Hall–Kier alpha value is -4.02. The molecule has 2 aromatic heterocycles. The molecule has 3 aliphatic heterocycles. The highest BCUT2D eigenvalue weighted by Gasteiger charge is 2.37. The molecule has 2 aromatic carbocycles. The first-order chi connectivity index (χ1) is 22.7. The highest BCUT2D eigenvalue weighted by Crippen LogP contribution is 2.41. The lowest BCUT2D eigenvalue weighted by atomic mass is 9.92. The van der Waals surface area contributed by atoms with Crippen molar-refractivity contribution in [2.45, 2.75) is 97.1 Å². The van der Waals surface area contributed by atoms with Gasteiger partial charge in [0.1, 0.15) is 17.2 Å². The number of hydrogen-bond donors (Lipinski definition) is 1. The average molecular weight is 662 g/mol. The van der Waals surface area contributed by atoms with Crippen LogP contribution in [0, 0.1) is 18.6 Å². The van der Waals surface area contributed by atoms with Crippen molar-refractivity contribution in [1.82, 2.24) is 9.38 Å². The largest absolute Gasteiger partial charge is 0.490 e. The van der Waals surface area contributed by atoms with Crippen LogP contribution < -0.4 is 9.64 Å². The SMILES string of the molecule is Cc1cc2nc3cn2c(c1C(OC(C)(C)C)C(=O)O)N1CCC(C)(CC1)OCCCCC(C)Oc1ccc(F)c(F)c1-c1cccc-3c1. The second-order valence-electron chi connectivity index (χ2n) is 14.4. The van der Waals surface area contributed by atoms with Gasteiger partial charge in [-0.05, 0) is 109 Å². The lowest BCUT2D eigenvalue weighted by molar-refractivity contribution is -0.160. The lowest BCUT2D eigenvalue weighted by Crippen LogP contribution is -2.45. The molecule has 4 aromatic rings.